The first-order valence-electron chi connectivity index (χ1n) is 9.31. The van der Waals surface area contributed by atoms with Gasteiger partial charge in [-0.3, -0.25) is 0 Å². The van der Waals surface area contributed by atoms with Crippen LogP contribution in [0.1, 0.15) is 25.0 Å². The van der Waals surface area contributed by atoms with Gasteiger partial charge in [0.1, 0.15) is 5.82 Å². The second-order valence-corrected chi connectivity index (χ2v) is 10.8. The minimum Gasteiger partial charge on any atom is -0.390 e. The predicted octanol–water partition coefficient (Wildman–Crippen LogP) is 3.49. The first-order chi connectivity index (χ1) is 13.4. The first-order valence-corrected chi connectivity index (χ1v) is 11.5. The third-order valence-corrected chi connectivity index (χ3v) is 7.53. The van der Waals surface area contributed by atoms with Gasteiger partial charge in [0.25, 0.3) is 0 Å². The number of rotatable bonds is 9. The Kier molecular flexibility index (Phi) is 7.98. The van der Waals surface area contributed by atoms with Crippen molar-refractivity contribution < 1.29 is 17.9 Å². The first kappa shape index (κ1) is 24.0. The summed E-state index contributed by atoms with van der Waals surface area (Å²) in [5.41, 5.74) is 1.06. The Morgan fingerprint density at radius 1 is 1.24 bits per heavy atom. The minimum absolute atomic E-state index is 0.0497. The number of aliphatic hydroxyl groups is 1. The quantitative estimate of drug-likeness (QED) is 0.569. The van der Waals surface area contributed by atoms with Gasteiger partial charge in [-0.15, -0.1) is 0 Å². The molecule has 160 valence electrons. The molecule has 0 spiro atoms. The van der Waals surface area contributed by atoms with E-state index in [1.807, 2.05) is 19.9 Å². The van der Waals surface area contributed by atoms with Gasteiger partial charge in [0, 0.05) is 30.1 Å². The lowest BCUT2D eigenvalue weighted by atomic mass is 9.94. The molecule has 0 unspecified atom stereocenters. The molecule has 8 heteroatoms. The van der Waals surface area contributed by atoms with Gasteiger partial charge >= 0.3 is 0 Å². The van der Waals surface area contributed by atoms with E-state index in [9.17, 15) is 17.9 Å². The van der Waals surface area contributed by atoms with Crippen molar-refractivity contribution in [2.45, 2.75) is 43.7 Å². The molecule has 2 aromatic rings. The normalized spacial score (nSPS) is 13.7. The van der Waals surface area contributed by atoms with E-state index >= 15 is 0 Å². The fourth-order valence-electron chi connectivity index (χ4n) is 2.99. The monoisotopic (exact) mass is 486 g/mol. The van der Waals surface area contributed by atoms with E-state index in [0.717, 1.165) is 9.87 Å². The summed E-state index contributed by atoms with van der Waals surface area (Å²) in [7, 11) is -2.28. The number of aryl methyl sites for hydroxylation is 1. The van der Waals surface area contributed by atoms with Crippen LogP contribution in [0.4, 0.5) is 4.39 Å². The van der Waals surface area contributed by atoms with Gasteiger partial charge in [0.15, 0.2) is 0 Å². The minimum atomic E-state index is -3.72. The van der Waals surface area contributed by atoms with Crippen LogP contribution in [0.2, 0.25) is 0 Å². The van der Waals surface area contributed by atoms with E-state index in [1.165, 1.54) is 19.2 Å². The molecule has 0 amide bonds. The molecule has 0 fully saturated rings. The number of halogens is 2. The molecule has 0 heterocycles. The van der Waals surface area contributed by atoms with Crippen molar-refractivity contribution in [3.63, 3.8) is 0 Å². The van der Waals surface area contributed by atoms with Crippen LogP contribution in [0.5, 0.6) is 0 Å². The maximum Gasteiger partial charge on any atom is 0.244 e. The smallest absolute Gasteiger partial charge is 0.244 e. The fourth-order valence-corrected chi connectivity index (χ4v) is 5.16. The Bertz CT molecular complexity index is 951. The highest BCUT2D eigenvalue weighted by atomic mass is 79.9. The predicted molar refractivity (Wildman–Crippen MR) is 117 cm³/mol. The van der Waals surface area contributed by atoms with Crippen molar-refractivity contribution in [1.29, 1.82) is 0 Å². The van der Waals surface area contributed by atoms with Gasteiger partial charge in [-0.25, -0.2) is 12.8 Å². The van der Waals surface area contributed by atoms with Gasteiger partial charge in [0.2, 0.25) is 10.0 Å². The van der Waals surface area contributed by atoms with E-state index in [0.29, 0.717) is 16.5 Å². The van der Waals surface area contributed by atoms with Crippen molar-refractivity contribution in [3.05, 3.63) is 63.9 Å². The summed E-state index contributed by atoms with van der Waals surface area (Å²) in [4.78, 5) is 0.157. The van der Waals surface area contributed by atoms with Crippen LogP contribution >= 0.6 is 15.9 Å². The molecule has 0 saturated carbocycles. The van der Waals surface area contributed by atoms with E-state index < -0.39 is 21.7 Å². The summed E-state index contributed by atoms with van der Waals surface area (Å²) < 4.78 is 40.8. The maximum absolute atomic E-state index is 13.8. The largest absolute Gasteiger partial charge is 0.390 e. The number of sulfonamides is 1. The topological polar surface area (TPSA) is 69.6 Å². The number of hydrogen-bond acceptors (Lipinski definition) is 4. The van der Waals surface area contributed by atoms with E-state index in [4.69, 9.17) is 0 Å². The molecule has 0 saturated heterocycles. The van der Waals surface area contributed by atoms with E-state index in [1.54, 1.807) is 31.2 Å². The van der Waals surface area contributed by atoms with Gasteiger partial charge in [0.05, 0.1) is 11.0 Å². The molecule has 0 aromatic heterocycles. The highest BCUT2D eigenvalue weighted by Gasteiger charge is 2.26. The summed E-state index contributed by atoms with van der Waals surface area (Å²) in [6.07, 6.45) is -0.326. The van der Waals surface area contributed by atoms with Gasteiger partial charge in [-0.2, -0.15) is 4.31 Å². The maximum atomic E-state index is 13.8. The zero-order valence-electron chi connectivity index (χ0n) is 17.1. The highest BCUT2D eigenvalue weighted by molar-refractivity contribution is 9.10. The Morgan fingerprint density at radius 2 is 1.90 bits per heavy atom. The molecular formula is C21H28BrFN2O3S. The fraction of sp³-hybridized carbons (Fsp3) is 0.429. The summed E-state index contributed by atoms with van der Waals surface area (Å²) in [6, 6.07) is 11.7. The van der Waals surface area contributed by atoms with Crippen molar-refractivity contribution in [2.24, 2.45) is 0 Å². The van der Waals surface area contributed by atoms with Crippen molar-refractivity contribution in [3.8, 4) is 0 Å². The average Bonchev–Trinajstić information content (AvgIpc) is 2.63. The molecule has 29 heavy (non-hydrogen) atoms. The van der Waals surface area contributed by atoms with E-state index in [-0.39, 0.29) is 23.8 Å². The summed E-state index contributed by atoms with van der Waals surface area (Å²) in [6.45, 7) is 5.79. The van der Waals surface area contributed by atoms with Gasteiger partial charge < -0.3 is 10.4 Å². The number of nitrogens with zero attached hydrogens (tertiary/aromatic N) is 1. The summed E-state index contributed by atoms with van der Waals surface area (Å²) in [5.74, 6) is -0.239. The molecule has 0 radical (unpaired) electrons. The Labute approximate surface area is 181 Å². The molecule has 5 nitrogen and oxygen atoms in total. The van der Waals surface area contributed by atoms with Crippen molar-refractivity contribution in [1.82, 2.24) is 9.62 Å². The average molecular weight is 487 g/mol. The van der Waals surface area contributed by atoms with Crippen LogP contribution in [-0.2, 0) is 16.4 Å². The van der Waals surface area contributed by atoms with Crippen LogP contribution in [-0.4, -0.2) is 49.6 Å². The zero-order chi connectivity index (χ0) is 21.8. The van der Waals surface area contributed by atoms with Crippen LogP contribution in [0.3, 0.4) is 0 Å². The molecule has 0 bridgehead atoms. The third-order valence-electron chi connectivity index (χ3n) is 4.69. The molecule has 0 aliphatic carbocycles. The molecule has 1 atom stereocenters. The van der Waals surface area contributed by atoms with Crippen molar-refractivity contribution >= 4 is 26.0 Å². The van der Waals surface area contributed by atoms with Gasteiger partial charge in [-0.1, -0.05) is 24.3 Å². The Balaban J connectivity index is 1.95. The molecule has 2 aromatic carbocycles. The van der Waals surface area contributed by atoms with Crippen LogP contribution in [0, 0.1) is 12.7 Å². The Morgan fingerprint density at radius 3 is 2.52 bits per heavy atom. The van der Waals surface area contributed by atoms with E-state index in [2.05, 4.69) is 21.2 Å². The van der Waals surface area contributed by atoms with Crippen LogP contribution in [0.25, 0.3) is 0 Å². The highest BCUT2D eigenvalue weighted by Crippen LogP contribution is 2.24. The number of hydrogen-bond donors (Lipinski definition) is 2. The molecule has 0 aliphatic rings. The lowest BCUT2D eigenvalue weighted by molar-refractivity contribution is 0.139. The lowest BCUT2D eigenvalue weighted by Crippen LogP contribution is -2.47. The summed E-state index contributed by atoms with van der Waals surface area (Å²) in [5, 5.41) is 13.6. The molecular weight excluding hydrogens is 459 g/mol. The number of β-amino-alcohol motifs (C(OH)–C–C–N with tert-alkyl or cyclic N) is 1. The summed E-state index contributed by atoms with van der Waals surface area (Å²) >= 11 is 3.26. The van der Waals surface area contributed by atoms with Crippen molar-refractivity contribution in [2.75, 3.05) is 20.1 Å². The Hall–Kier alpha value is -1.32. The number of nitrogens with one attached hydrogen (secondary N) is 1. The molecule has 2 N–H and O–H groups in total. The standard InChI is InChI=1S/C21H28BrFN2O3S/c1-15-9-10-16(11-19(15)23)12-21(2,3)24-13-17(26)14-25(4)29(27,28)20-8-6-5-7-18(20)22/h5-11,17,24,26H,12-14H2,1-4H3/t17-/m1/s1. The second kappa shape index (κ2) is 9.66. The number of aliphatic hydroxyl groups excluding tert-OH is 1. The molecule has 0 aliphatic heterocycles. The van der Waals surface area contributed by atoms with Crippen LogP contribution in [0.15, 0.2) is 51.8 Å². The van der Waals surface area contributed by atoms with Crippen LogP contribution < -0.4 is 5.32 Å². The lowest BCUT2D eigenvalue weighted by Gasteiger charge is -2.29. The molecule has 2 rings (SSSR count). The number of benzene rings is 2. The zero-order valence-corrected chi connectivity index (χ0v) is 19.5. The van der Waals surface area contributed by atoms with Gasteiger partial charge in [-0.05, 0) is 72.4 Å². The second-order valence-electron chi connectivity index (χ2n) is 7.89. The SMILES string of the molecule is Cc1ccc(CC(C)(C)NC[C@@H](O)CN(C)S(=O)(=O)c2ccccc2Br)cc1F. The number of likely N-dealkylation sites (N-methyl/N-ethyl adjacent to an activating group) is 1. The third kappa shape index (κ3) is 6.58.